The molecule has 0 aliphatic carbocycles. The summed E-state index contributed by atoms with van der Waals surface area (Å²) in [5.41, 5.74) is 4.43. The van der Waals surface area contributed by atoms with E-state index < -0.39 is 17.6 Å². The average molecular weight is 923 g/mol. The van der Waals surface area contributed by atoms with Gasteiger partial charge in [0.1, 0.15) is 28.8 Å². The molecule has 0 radical (unpaired) electrons. The summed E-state index contributed by atoms with van der Waals surface area (Å²) in [6.45, 7) is 11.6. The molecule has 15 nitrogen and oxygen atoms in total. The Bertz CT molecular complexity index is 2650. The van der Waals surface area contributed by atoms with Gasteiger partial charge < -0.3 is 39.1 Å². The highest BCUT2D eigenvalue weighted by molar-refractivity contribution is 7.12. The van der Waals surface area contributed by atoms with Crippen molar-refractivity contribution >= 4 is 40.7 Å². The normalized spacial score (nSPS) is 18.9. The molecule has 0 bridgehead atoms. The van der Waals surface area contributed by atoms with Gasteiger partial charge in [-0.05, 0) is 122 Å². The van der Waals surface area contributed by atoms with Crippen LogP contribution in [-0.4, -0.2) is 105 Å². The van der Waals surface area contributed by atoms with E-state index >= 15 is 4.39 Å². The number of halogens is 1. The van der Waals surface area contributed by atoms with E-state index in [9.17, 15) is 9.59 Å². The summed E-state index contributed by atoms with van der Waals surface area (Å²) >= 11 is 1.65. The molecule has 3 fully saturated rings. The number of ether oxygens (including phenoxy) is 4. The fourth-order valence-corrected chi connectivity index (χ4v) is 9.95. The number of H-pyrrole nitrogens is 2. The molecule has 3 N–H and O–H groups in total. The van der Waals surface area contributed by atoms with Crippen molar-refractivity contribution in [1.82, 2.24) is 39.6 Å². The van der Waals surface area contributed by atoms with Gasteiger partial charge in [-0.2, -0.15) is 0 Å². The molecule has 6 aromatic rings. The molecule has 66 heavy (non-hydrogen) atoms. The molecule has 10 rings (SSSR count). The van der Waals surface area contributed by atoms with Crippen LogP contribution in [0.2, 0.25) is 0 Å². The minimum absolute atomic E-state index is 0.0659. The molecule has 3 saturated heterocycles. The number of likely N-dealkylation sites (tertiary alicyclic amines) is 2. The molecule has 0 saturated carbocycles. The lowest BCUT2D eigenvalue weighted by Gasteiger charge is -2.30. The highest BCUT2D eigenvalue weighted by Crippen LogP contribution is 2.48. The molecule has 3 unspecified atom stereocenters. The van der Waals surface area contributed by atoms with Crippen LogP contribution in [0.1, 0.15) is 105 Å². The summed E-state index contributed by atoms with van der Waals surface area (Å²) in [5.74, 6) is 1.50. The zero-order chi connectivity index (χ0) is 46.5. The van der Waals surface area contributed by atoms with E-state index in [1.165, 1.54) is 32.4 Å². The van der Waals surface area contributed by atoms with Gasteiger partial charge in [0.05, 0.1) is 71.2 Å². The monoisotopic (exact) mass is 922 g/mol. The summed E-state index contributed by atoms with van der Waals surface area (Å²) in [5, 5.41) is 3.90. The van der Waals surface area contributed by atoms with Gasteiger partial charge in [-0.15, -0.1) is 11.3 Å². The third-order valence-electron chi connectivity index (χ3n) is 12.0. The molecule has 2 aromatic carbocycles. The number of likely N-dealkylation sites (N-methyl/N-ethyl adjacent to an activating group) is 1. The lowest BCUT2D eigenvalue weighted by atomic mass is 10.0. The van der Waals surface area contributed by atoms with E-state index in [1.807, 2.05) is 50.1 Å². The number of nitrogens with one attached hydrogen (secondary N) is 3. The van der Waals surface area contributed by atoms with Gasteiger partial charge in [-0.1, -0.05) is 6.07 Å². The number of aryl methyl sites for hydroxylation is 1. The maximum atomic E-state index is 16.6. The molecule has 8 heterocycles. The lowest BCUT2D eigenvalue weighted by molar-refractivity contribution is -0.131. The number of nitrogens with zero attached hydrogens (tertiary/aromatic N) is 5. The third-order valence-corrected chi connectivity index (χ3v) is 13.1. The number of methoxy groups -OCH3 is 1. The predicted molar refractivity (Wildman–Crippen MR) is 251 cm³/mol. The van der Waals surface area contributed by atoms with Crippen molar-refractivity contribution in [2.75, 3.05) is 47.0 Å². The van der Waals surface area contributed by atoms with Gasteiger partial charge in [-0.3, -0.25) is 19.1 Å². The van der Waals surface area contributed by atoms with Crippen molar-refractivity contribution in [2.45, 2.75) is 96.6 Å². The summed E-state index contributed by atoms with van der Waals surface area (Å²) < 4.78 is 40.0. The smallest absolute Gasteiger partial charge is 0.410 e. The molecular weight excluding hydrogens is 864 g/mol. The number of carbonyl (C=O) groups is 3. The van der Waals surface area contributed by atoms with Crippen LogP contribution >= 0.6 is 11.3 Å². The van der Waals surface area contributed by atoms with E-state index in [2.05, 4.69) is 60.8 Å². The summed E-state index contributed by atoms with van der Waals surface area (Å²) in [7, 11) is 3.09. The first-order valence-electron chi connectivity index (χ1n) is 22.7. The van der Waals surface area contributed by atoms with Crippen LogP contribution in [0.3, 0.4) is 0 Å². The molecule has 0 spiro atoms. The van der Waals surface area contributed by atoms with Gasteiger partial charge in [0.15, 0.2) is 0 Å². The second kappa shape index (κ2) is 20.2. The molecule has 4 aromatic heterocycles. The SMILES string of the molecule is C1CCOCC1.CNCC(=O)N1CCCC1c1ncc(-c2ccc3c(c2)cc2n3C(c3ccc(C)s3)Oc3cc(-c4cnc(C5CCCN5C(=O)OC(C)(C)C)[nH]4)cc(F)c3-2)[nH]1.COC=O. The topological polar surface area (TPSA) is 169 Å². The largest absolute Gasteiger partial charge is 0.471 e. The number of fused-ring (bicyclic) bond motifs is 5. The second-order valence-corrected chi connectivity index (χ2v) is 19.2. The van der Waals surface area contributed by atoms with Crippen molar-refractivity contribution in [3.63, 3.8) is 0 Å². The molecule has 350 valence electrons. The Balaban J connectivity index is 0.000000531. The molecule has 17 heteroatoms. The summed E-state index contributed by atoms with van der Waals surface area (Å²) in [6.07, 6.45) is 9.94. The predicted octanol–water partition coefficient (Wildman–Crippen LogP) is 9.47. The van der Waals surface area contributed by atoms with Gasteiger partial charge in [0, 0.05) is 47.7 Å². The zero-order valence-corrected chi connectivity index (χ0v) is 39.3. The van der Waals surface area contributed by atoms with Crippen LogP contribution in [-0.2, 0) is 23.8 Å². The highest BCUT2D eigenvalue weighted by atomic mass is 32.1. The van der Waals surface area contributed by atoms with Gasteiger partial charge in [-0.25, -0.2) is 19.2 Å². The Morgan fingerprint density at radius 3 is 2.17 bits per heavy atom. The minimum Gasteiger partial charge on any atom is -0.471 e. The van der Waals surface area contributed by atoms with Crippen LogP contribution in [0.5, 0.6) is 5.75 Å². The van der Waals surface area contributed by atoms with E-state index in [0.29, 0.717) is 54.5 Å². The van der Waals surface area contributed by atoms with Crippen molar-refractivity contribution < 1.29 is 37.7 Å². The third kappa shape index (κ3) is 10.0. The highest BCUT2D eigenvalue weighted by Gasteiger charge is 2.37. The van der Waals surface area contributed by atoms with Crippen LogP contribution in [0, 0.1) is 12.7 Å². The average Bonchev–Trinajstić information content (AvgIpc) is 4.16. The number of hydrogen-bond donors (Lipinski definition) is 3. The number of aromatic nitrogens is 5. The van der Waals surface area contributed by atoms with Crippen molar-refractivity contribution in [1.29, 1.82) is 0 Å². The second-order valence-electron chi connectivity index (χ2n) is 17.9. The number of aromatic amines is 2. The molecule has 4 aliphatic rings. The van der Waals surface area contributed by atoms with Crippen molar-refractivity contribution in [3.05, 3.63) is 88.1 Å². The Labute approximate surface area is 388 Å². The van der Waals surface area contributed by atoms with Crippen molar-refractivity contribution in [3.8, 4) is 39.5 Å². The molecule has 3 atom stereocenters. The van der Waals surface area contributed by atoms with Crippen LogP contribution in [0.4, 0.5) is 9.18 Å². The first kappa shape index (κ1) is 46.5. The van der Waals surface area contributed by atoms with E-state index in [0.717, 1.165) is 82.3 Å². The minimum atomic E-state index is -0.607. The van der Waals surface area contributed by atoms with Crippen LogP contribution in [0.25, 0.3) is 44.7 Å². The number of hydrogen-bond acceptors (Lipinski definition) is 11. The number of benzene rings is 2. The number of thiophene rings is 1. The maximum Gasteiger partial charge on any atom is 0.410 e. The molecule has 2 amide bonds. The maximum absolute atomic E-state index is 16.6. The first-order valence-corrected chi connectivity index (χ1v) is 23.5. The lowest BCUT2D eigenvalue weighted by Crippen LogP contribution is -2.37. The summed E-state index contributed by atoms with van der Waals surface area (Å²) in [4.78, 5) is 56.7. The molecule has 4 aliphatic heterocycles. The summed E-state index contributed by atoms with van der Waals surface area (Å²) in [6, 6.07) is 15.4. The Kier molecular flexibility index (Phi) is 14.2. The van der Waals surface area contributed by atoms with Crippen LogP contribution < -0.4 is 10.1 Å². The van der Waals surface area contributed by atoms with E-state index in [1.54, 1.807) is 29.5 Å². The number of imidazole rings is 2. The number of rotatable bonds is 8. The molecular formula is C49H59FN8O7S. The first-order chi connectivity index (χ1) is 31.9. The zero-order valence-electron chi connectivity index (χ0n) is 38.4. The van der Waals surface area contributed by atoms with E-state index in [4.69, 9.17) is 24.0 Å². The van der Waals surface area contributed by atoms with Gasteiger partial charge in [0.25, 0.3) is 6.47 Å². The Hall–Kier alpha value is -6.04. The standard InChI is InChI=1S/C42H45FN8O4S.C5H10O.C2H4O2/c1-23-10-13-35(56-23)40-51-30-12-11-24(28-20-45-38(47-28)31-8-6-14-49(31)36(52)22-44-5)16-26(30)18-33(51)37-27(43)17-25(19-34(37)54-40)29-21-46-39(48-29)32-9-7-15-50(32)41(53)55-42(2,3)4;1-2-4-6-5-3-1;1-4-2-3/h10-13,16-21,31-32,40,44H,6-9,14-15,22H2,1-5H3,(H,45,47)(H,46,48);1-5H2;2H,1H3. The quantitative estimate of drug-likeness (QED) is 0.125. The number of amides is 2. The van der Waals surface area contributed by atoms with Gasteiger partial charge in [0.2, 0.25) is 12.1 Å². The number of carbonyl (C=O) groups excluding carboxylic acids is 3. The van der Waals surface area contributed by atoms with Crippen LogP contribution in [0.15, 0.2) is 60.9 Å². The van der Waals surface area contributed by atoms with Gasteiger partial charge >= 0.3 is 6.09 Å². The Morgan fingerprint density at radius 2 is 1.58 bits per heavy atom. The van der Waals surface area contributed by atoms with E-state index in [-0.39, 0.29) is 24.1 Å². The Morgan fingerprint density at radius 1 is 0.909 bits per heavy atom. The van der Waals surface area contributed by atoms with Crippen molar-refractivity contribution in [2.24, 2.45) is 0 Å². The fourth-order valence-electron chi connectivity index (χ4n) is 9.06. The fraction of sp³-hybridized carbons (Fsp3) is 0.449.